The minimum Gasteiger partial charge on any atom is -0.297 e. The first-order valence-corrected chi connectivity index (χ1v) is 5.01. The average molecular weight is 152 g/mol. The molecule has 1 nitrogen and oxygen atoms in total. The second-order valence-corrected chi connectivity index (χ2v) is 3.80. The van der Waals surface area contributed by atoms with E-state index < -0.39 is 0 Å². The second-order valence-electron chi connectivity index (χ2n) is 3.80. The van der Waals surface area contributed by atoms with Gasteiger partial charge in [-0.25, -0.2) is 0 Å². The zero-order chi connectivity index (χ0) is 7.68. The predicted molar refractivity (Wildman–Crippen MR) is 47.3 cm³/mol. The van der Waals surface area contributed by atoms with Crippen LogP contribution in [0.5, 0.6) is 0 Å². The molecule has 0 aromatic rings. The van der Waals surface area contributed by atoms with Crippen LogP contribution < -0.4 is 0 Å². The molecule has 2 saturated carbocycles. The summed E-state index contributed by atoms with van der Waals surface area (Å²) in [5.41, 5.74) is 0. The third kappa shape index (κ3) is 1.31. The summed E-state index contributed by atoms with van der Waals surface area (Å²) < 4.78 is 0. The van der Waals surface area contributed by atoms with Gasteiger partial charge in [0, 0.05) is 12.1 Å². The topological polar surface area (TPSA) is 3.24 Å². The van der Waals surface area contributed by atoms with Gasteiger partial charge >= 0.3 is 0 Å². The van der Waals surface area contributed by atoms with Gasteiger partial charge in [-0.2, -0.15) is 0 Å². The van der Waals surface area contributed by atoms with E-state index >= 15 is 0 Å². The van der Waals surface area contributed by atoms with Crippen LogP contribution in [0.1, 0.15) is 39.0 Å². The summed E-state index contributed by atoms with van der Waals surface area (Å²) in [5, 5.41) is 0. The largest absolute Gasteiger partial charge is 0.297 e. The average Bonchev–Trinajstić information content (AvgIpc) is 1.78. The fraction of sp³-hybridized carbons (Fsp3) is 0.900. The first kappa shape index (κ1) is 7.60. The standard InChI is InChI=1S/C10H18N/c1-2-11(9-5-3-6-9)10-7-4-8-10/h5,9-10H,2-4,6-8H2,1H3. The highest BCUT2D eigenvalue weighted by Gasteiger charge is 2.32. The zero-order valence-electron chi connectivity index (χ0n) is 7.42. The lowest BCUT2D eigenvalue weighted by Crippen LogP contribution is -2.49. The molecular formula is C10H18N. The number of nitrogens with zero attached hydrogens (tertiary/aromatic N) is 1. The van der Waals surface area contributed by atoms with Crippen LogP contribution in [0.3, 0.4) is 0 Å². The highest BCUT2D eigenvalue weighted by atomic mass is 15.2. The van der Waals surface area contributed by atoms with E-state index in [4.69, 9.17) is 0 Å². The van der Waals surface area contributed by atoms with E-state index in [1.165, 1.54) is 38.6 Å². The molecule has 1 unspecified atom stereocenters. The molecule has 2 aliphatic carbocycles. The van der Waals surface area contributed by atoms with Crippen LogP contribution in [-0.2, 0) is 0 Å². The SMILES string of the molecule is CCN(C1[CH]CC1)C1CCC1. The molecule has 0 heterocycles. The summed E-state index contributed by atoms with van der Waals surface area (Å²) in [5.74, 6) is 0. The molecule has 0 aromatic heterocycles. The van der Waals surface area contributed by atoms with E-state index in [9.17, 15) is 0 Å². The van der Waals surface area contributed by atoms with Crippen molar-refractivity contribution in [1.82, 2.24) is 4.90 Å². The van der Waals surface area contributed by atoms with Gasteiger partial charge in [0.1, 0.15) is 0 Å². The lowest BCUT2D eigenvalue weighted by Gasteiger charge is -2.45. The smallest absolute Gasteiger partial charge is 0.0130 e. The molecule has 2 fully saturated rings. The van der Waals surface area contributed by atoms with Gasteiger partial charge in [0.2, 0.25) is 0 Å². The first-order valence-electron chi connectivity index (χ1n) is 5.01. The van der Waals surface area contributed by atoms with E-state index in [-0.39, 0.29) is 0 Å². The molecule has 0 aliphatic heterocycles. The minimum atomic E-state index is 0.852. The summed E-state index contributed by atoms with van der Waals surface area (Å²) in [6.07, 6.45) is 9.63. The van der Waals surface area contributed by atoms with Gasteiger partial charge in [0.15, 0.2) is 0 Å². The molecule has 11 heavy (non-hydrogen) atoms. The van der Waals surface area contributed by atoms with Crippen molar-refractivity contribution in [2.45, 2.75) is 51.1 Å². The third-order valence-electron chi connectivity index (χ3n) is 3.24. The van der Waals surface area contributed by atoms with E-state index in [0.717, 1.165) is 12.1 Å². The molecule has 1 atom stereocenters. The molecule has 63 valence electrons. The quantitative estimate of drug-likeness (QED) is 0.599. The Bertz CT molecular complexity index is 111. The van der Waals surface area contributed by atoms with E-state index in [1.807, 2.05) is 0 Å². The molecule has 0 spiro atoms. The molecule has 1 heteroatoms. The summed E-state index contributed by atoms with van der Waals surface area (Å²) >= 11 is 0. The molecular weight excluding hydrogens is 134 g/mol. The molecule has 2 rings (SSSR count). The Kier molecular flexibility index (Phi) is 2.17. The van der Waals surface area contributed by atoms with Crippen molar-refractivity contribution < 1.29 is 0 Å². The van der Waals surface area contributed by atoms with Crippen molar-refractivity contribution in [2.75, 3.05) is 6.54 Å². The van der Waals surface area contributed by atoms with Crippen molar-refractivity contribution in [2.24, 2.45) is 0 Å². The lowest BCUT2D eigenvalue weighted by molar-refractivity contribution is 0.0746. The van der Waals surface area contributed by atoms with Crippen LogP contribution in [-0.4, -0.2) is 23.5 Å². The van der Waals surface area contributed by atoms with Crippen molar-refractivity contribution in [3.8, 4) is 0 Å². The first-order chi connectivity index (χ1) is 5.42. The minimum absolute atomic E-state index is 0.852. The highest BCUT2D eigenvalue weighted by Crippen LogP contribution is 2.32. The van der Waals surface area contributed by atoms with Crippen LogP contribution >= 0.6 is 0 Å². The Hall–Kier alpha value is -0.0400. The van der Waals surface area contributed by atoms with Crippen LogP contribution in [0.25, 0.3) is 0 Å². The van der Waals surface area contributed by atoms with Gasteiger partial charge in [-0.15, -0.1) is 0 Å². The van der Waals surface area contributed by atoms with Crippen molar-refractivity contribution in [1.29, 1.82) is 0 Å². The van der Waals surface area contributed by atoms with Gasteiger partial charge in [-0.1, -0.05) is 13.3 Å². The van der Waals surface area contributed by atoms with E-state index in [0.29, 0.717) is 0 Å². The van der Waals surface area contributed by atoms with Gasteiger partial charge in [-0.05, 0) is 38.6 Å². The maximum absolute atomic E-state index is 2.69. The van der Waals surface area contributed by atoms with Crippen LogP contribution in [0.4, 0.5) is 0 Å². The van der Waals surface area contributed by atoms with Crippen molar-refractivity contribution in [3.05, 3.63) is 6.42 Å². The van der Waals surface area contributed by atoms with Crippen LogP contribution in [0.2, 0.25) is 0 Å². The fourth-order valence-corrected chi connectivity index (χ4v) is 2.10. The summed E-state index contributed by atoms with van der Waals surface area (Å²) in [7, 11) is 0. The van der Waals surface area contributed by atoms with Crippen LogP contribution in [0, 0.1) is 6.42 Å². The van der Waals surface area contributed by atoms with Gasteiger partial charge in [-0.3, -0.25) is 4.90 Å². The maximum atomic E-state index is 2.69. The summed E-state index contributed by atoms with van der Waals surface area (Å²) in [6.45, 7) is 3.55. The number of rotatable bonds is 3. The Balaban J connectivity index is 1.83. The number of hydrogen-bond donors (Lipinski definition) is 0. The summed E-state index contributed by atoms with van der Waals surface area (Å²) in [6, 6.07) is 1.80. The molecule has 0 N–H and O–H groups in total. The molecule has 0 aromatic carbocycles. The second kappa shape index (κ2) is 3.14. The van der Waals surface area contributed by atoms with E-state index in [2.05, 4.69) is 18.2 Å². The zero-order valence-corrected chi connectivity index (χ0v) is 7.42. The van der Waals surface area contributed by atoms with Gasteiger partial charge in [0.05, 0.1) is 0 Å². The fourth-order valence-electron chi connectivity index (χ4n) is 2.10. The predicted octanol–water partition coefficient (Wildman–Crippen LogP) is 2.23. The summed E-state index contributed by atoms with van der Waals surface area (Å²) in [4.78, 5) is 2.69. The van der Waals surface area contributed by atoms with Gasteiger partial charge in [0.25, 0.3) is 0 Å². The van der Waals surface area contributed by atoms with Crippen LogP contribution in [0.15, 0.2) is 0 Å². The highest BCUT2D eigenvalue weighted by molar-refractivity contribution is 4.98. The molecule has 0 bridgehead atoms. The molecule has 0 amide bonds. The Morgan fingerprint density at radius 2 is 2.09 bits per heavy atom. The Labute approximate surface area is 69.8 Å². The lowest BCUT2D eigenvalue weighted by atomic mass is 9.85. The van der Waals surface area contributed by atoms with E-state index in [1.54, 1.807) is 0 Å². The van der Waals surface area contributed by atoms with Crippen molar-refractivity contribution in [3.63, 3.8) is 0 Å². The monoisotopic (exact) mass is 152 g/mol. The third-order valence-corrected chi connectivity index (χ3v) is 3.24. The number of hydrogen-bond acceptors (Lipinski definition) is 1. The van der Waals surface area contributed by atoms with Gasteiger partial charge < -0.3 is 0 Å². The normalized spacial score (nSPS) is 26.7. The molecule has 0 saturated heterocycles. The Morgan fingerprint density at radius 3 is 2.36 bits per heavy atom. The molecule has 1 radical (unpaired) electrons. The molecule has 2 aliphatic rings. The van der Waals surface area contributed by atoms with Crippen molar-refractivity contribution >= 4 is 0 Å². The maximum Gasteiger partial charge on any atom is 0.0130 e. The Morgan fingerprint density at radius 1 is 1.36 bits per heavy atom.